The highest BCUT2D eigenvalue weighted by Crippen LogP contribution is 2.39. The molecule has 1 aliphatic carbocycles. The molecule has 0 aromatic rings. The highest BCUT2D eigenvalue weighted by atomic mass is 15.2. The summed E-state index contributed by atoms with van der Waals surface area (Å²) in [5.74, 6) is 1.00. The van der Waals surface area contributed by atoms with Gasteiger partial charge in [0, 0.05) is 13.1 Å². The van der Waals surface area contributed by atoms with E-state index in [4.69, 9.17) is 0 Å². The largest absolute Gasteiger partial charge is 0.356 e. The van der Waals surface area contributed by atoms with Crippen LogP contribution in [0.4, 0.5) is 0 Å². The summed E-state index contributed by atoms with van der Waals surface area (Å²) in [5.41, 5.74) is 0.548. The van der Waals surface area contributed by atoms with Gasteiger partial charge in [0.05, 0.1) is 6.54 Å². The molecule has 2 N–H and O–H groups in total. The molecule has 0 spiro atoms. The van der Waals surface area contributed by atoms with Crippen molar-refractivity contribution >= 4 is 5.96 Å². The van der Waals surface area contributed by atoms with E-state index in [1.54, 1.807) is 0 Å². The molecule has 1 aliphatic heterocycles. The minimum Gasteiger partial charge on any atom is -0.356 e. The second-order valence-electron chi connectivity index (χ2n) is 4.17. The Balaban J connectivity index is 1.74. The van der Waals surface area contributed by atoms with Crippen molar-refractivity contribution in [1.29, 1.82) is 0 Å². The molecule has 0 unspecified atom stereocenters. The lowest BCUT2D eigenvalue weighted by Crippen LogP contribution is -2.43. The lowest BCUT2D eigenvalue weighted by Gasteiger charge is -2.38. The summed E-state index contributed by atoms with van der Waals surface area (Å²) < 4.78 is 0. The Morgan fingerprint density at radius 2 is 2.42 bits per heavy atom. The van der Waals surface area contributed by atoms with E-state index in [2.05, 4.69) is 22.5 Å². The van der Waals surface area contributed by atoms with Crippen LogP contribution in [-0.4, -0.2) is 25.6 Å². The minimum atomic E-state index is 0.548. The molecular formula is C9H17N3. The molecule has 2 aliphatic rings. The number of rotatable bonds is 2. The van der Waals surface area contributed by atoms with Crippen LogP contribution in [0.5, 0.6) is 0 Å². The maximum absolute atomic E-state index is 4.29. The van der Waals surface area contributed by atoms with Crippen LogP contribution in [0, 0.1) is 5.41 Å². The van der Waals surface area contributed by atoms with Crippen LogP contribution in [0.3, 0.4) is 0 Å². The van der Waals surface area contributed by atoms with Gasteiger partial charge < -0.3 is 10.6 Å². The SMILES string of the molecule is CC1(CNC2=NCCN2)CCC1. The molecule has 0 atom stereocenters. The zero-order valence-corrected chi connectivity index (χ0v) is 7.69. The maximum atomic E-state index is 4.29. The van der Waals surface area contributed by atoms with Crippen LogP contribution in [0.25, 0.3) is 0 Å². The molecule has 0 saturated heterocycles. The molecule has 3 heteroatoms. The van der Waals surface area contributed by atoms with Crippen molar-refractivity contribution in [3.63, 3.8) is 0 Å². The molecule has 0 aromatic carbocycles. The number of nitrogens with one attached hydrogen (secondary N) is 2. The summed E-state index contributed by atoms with van der Waals surface area (Å²) in [6.07, 6.45) is 4.14. The van der Waals surface area contributed by atoms with E-state index in [0.29, 0.717) is 5.41 Å². The van der Waals surface area contributed by atoms with Gasteiger partial charge in [0.1, 0.15) is 0 Å². The van der Waals surface area contributed by atoms with Gasteiger partial charge in [0.25, 0.3) is 0 Å². The summed E-state index contributed by atoms with van der Waals surface area (Å²) in [7, 11) is 0. The molecule has 0 amide bonds. The molecule has 0 aromatic heterocycles. The normalized spacial score (nSPS) is 25.6. The Morgan fingerprint density at radius 3 is 2.92 bits per heavy atom. The molecule has 1 fully saturated rings. The average Bonchev–Trinajstić information content (AvgIpc) is 2.49. The fourth-order valence-corrected chi connectivity index (χ4v) is 1.77. The molecule has 68 valence electrons. The first-order valence-electron chi connectivity index (χ1n) is 4.81. The standard InChI is InChI=1S/C9H17N3/c1-9(3-2-4-9)7-12-8-10-5-6-11-8/h2-7H2,1H3,(H2,10,11,12). The molecule has 1 saturated carbocycles. The lowest BCUT2D eigenvalue weighted by molar-refractivity contribution is 0.165. The van der Waals surface area contributed by atoms with Gasteiger partial charge in [-0.1, -0.05) is 13.3 Å². The average molecular weight is 167 g/mol. The van der Waals surface area contributed by atoms with E-state index >= 15 is 0 Å². The first kappa shape index (κ1) is 7.90. The summed E-state index contributed by atoms with van der Waals surface area (Å²) in [5, 5.41) is 6.58. The van der Waals surface area contributed by atoms with Gasteiger partial charge >= 0.3 is 0 Å². The topological polar surface area (TPSA) is 36.4 Å². The Bertz CT molecular complexity index is 194. The van der Waals surface area contributed by atoms with Gasteiger partial charge in [0.15, 0.2) is 5.96 Å². The van der Waals surface area contributed by atoms with Crippen molar-refractivity contribution in [3.8, 4) is 0 Å². The number of hydrogen-bond donors (Lipinski definition) is 2. The molecule has 0 bridgehead atoms. The third-order valence-electron chi connectivity index (χ3n) is 2.92. The van der Waals surface area contributed by atoms with E-state index in [0.717, 1.165) is 25.6 Å². The fourth-order valence-electron chi connectivity index (χ4n) is 1.77. The molecule has 3 nitrogen and oxygen atoms in total. The van der Waals surface area contributed by atoms with E-state index in [1.165, 1.54) is 19.3 Å². The van der Waals surface area contributed by atoms with Gasteiger partial charge in [-0.05, 0) is 18.3 Å². The maximum Gasteiger partial charge on any atom is 0.191 e. The van der Waals surface area contributed by atoms with Gasteiger partial charge in [-0.15, -0.1) is 0 Å². The second-order valence-corrected chi connectivity index (χ2v) is 4.17. The third kappa shape index (κ3) is 1.54. The van der Waals surface area contributed by atoms with Crippen LogP contribution < -0.4 is 10.6 Å². The predicted molar refractivity (Wildman–Crippen MR) is 50.3 cm³/mol. The summed E-state index contributed by atoms with van der Waals surface area (Å²) in [6.45, 7) is 5.36. The van der Waals surface area contributed by atoms with Crippen LogP contribution in [0.15, 0.2) is 4.99 Å². The minimum absolute atomic E-state index is 0.548. The molecule has 2 rings (SSSR count). The Labute approximate surface area is 73.6 Å². The lowest BCUT2D eigenvalue weighted by atomic mass is 9.70. The van der Waals surface area contributed by atoms with E-state index < -0.39 is 0 Å². The summed E-state index contributed by atoms with van der Waals surface area (Å²) >= 11 is 0. The third-order valence-corrected chi connectivity index (χ3v) is 2.92. The van der Waals surface area contributed by atoms with Crippen LogP contribution in [0.1, 0.15) is 26.2 Å². The highest BCUT2D eigenvalue weighted by molar-refractivity contribution is 5.81. The zero-order valence-electron chi connectivity index (χ0n) is 7.69. The predicted octanol–water partition coefficient (Wildman–Crippen LogP) is 0.725. The van der Waals surface area contributed by atoms with Crippen LogP contribution >= 0.6 is 0 Å². The quantitative estimate of drug-likeness (QED) is 0.636. The van der Waals surface area contributed by atoms with Gasteiger partial charge in [-0.25, -0.2) is 0 Å². The monoisotopic (exact) mass is 167 g/mol. The van der Waals surface area contributed by atoms with E-state index in [9.17, 15) is 0 Å². The van der Waals surface area contributed by atoms with E-state index in [-0.39, 0.29) is 0 Å². The number of guanidine groups is 1. The van der Waals surface area contributed by atoms with Gasteiger partial charge in [-0.2, -0.15) is 0 Å². The van der Waals surface area contributed by atoms with Crippen molar-refractivity contribution in [2.45, 2.75) is 26.2 Å². The number of nitrogens with zero attached hydrogens (tertiary/aromatic N) is 1. The Morgan fingerprint density at radius 1 is 1.58 bits per heavy atom. The first-order chi connectivity index (χ1) is 5.79. The Kier molecular flexibility index (Phi) is 1.95. The second kappa shape index (κ2) is 2.96. The van der Waals surface area contributed by atoms with Crippen molar-refractivity contribution in [2.24, 2.45) is 10.4 Å². The van der Waals surface area contributed by atoms with Gasteiger partial charge in [-0.3, -0.25) is 4.99 Å². The first-order valence-corrected chi connectivity index (χ1v) is 4.81. The van der Waals surface area contributed by atoms with Gasteiger partial charge in [0.2, 0.25) is 0 Å². The summed E-state index contributed by atoms with van der Waals surface area (Å²) in [4.78, 5) is 4.29. The summed E-state index contributed by atoms with van der Waals surface area (Å²) in [6, 6.07) is 0. The molecule has 12 heavy (non-hydrogen) atoms. The highest BCUT2D eigenvalue weighted by Gasteiger charge is 2.31. The van der Waals surface area contributed by atoms with Crippen molar-refractivity contribution in [1.82, 2.24) is 10.6 Å². The Hall–Kier alpha value is -0.730. The van der Waals surface area contributed by atoms with Crippen LogP contribution in [-0.2, 0) is 0 Å². The smallest absolute Gasteiger partial charge is 0.191 e. The molecule has 1 heterocycles. The zero-order chi connectivity index (χ0) is 8.44. The van der Waals surface area contributed by atoms with Crippen molar-refractivity contribution in [2.75, 3.05) is 19.6 Å². The molecule has 0 radical (unpaired) electrons. The number of hydrogen-bond acceptors (Lipinski definition) is 3. The molecular weight excluding hydrogens is 150 g/mol. The van der Waals surface area contributed by atoms with E-state index in [1.807, 2.05) is 0 Å². The van der Waals surface area contributed by atoms with Crippen LogP contribution in [0.2, 0.25) is 0 Å². The van der Waals surface area contributed by atoms with Crippen molar-refractivity contribution < 1.29 is 0 Å². The fraction of sp³-hybridized carbons (Fsp3) is 0.889. The van der Waals surface area contributed by atoms with Crippen molar-refractivity contribution in [3.05, 3.63) is 0 Å². The number of aliphatic imine (C=N–C) groups is 1.